The molecule has 0 radical (unpaired) electrons. The summed E-state index contributed by atoms with van der Waals surface area (Å²) < 4.78 is 5.25. The number of thiophene rings is 1. The van der Waals surface area contributed by atoms with Gasteiger partial charge in [0, 0.05) is 0 Å². The Morgan fingerprint density at radius 3 is 3.06 bits per heavy atom. The molecule has 0 bridgehead atoms. The molecule has 0 aromatic carbocycles. The van der Waals surface area contributed by atoms with Gasteiger partial charge in [0.1, 0.15) is 11.9 Å². The number of rotatable bonds is 3. The van der Waals surface area contributed by atoms with Crippen molar-refractivity contribution in [2.24, 2.45) is 0 Å². The van der Waals surface area contributed by atoms with Gasteiger partial charge in [0.2, 0.25) is 0 Å². The molecule has 88 valence electrons. The van der Waals surface area contributed by atoms with Crippen molar-refractivity contribution < 1.29 is 9.84 Å². The van der Waals surface area contributed by atoms with Gasteiger partial charge >= 0.3 is 0 Å². The Balaban J connectivity index is 2.17. The summed E-state index contributed by atoms with van der Waals surface area (Å²) in [7, 11) is 1.65. The van der Waals surface area contributed by atoms with E-state index >= 15 is 0 Å². The van der Waals surface area contributed by atoms with E-state index in [1.807, 2.05) is 11.4 Å². The molecule has 3 heteroatoms. The van der Waals surface area contributed by atoms with E-state index in [1.54, 1.807) is 18.4 Å². The SMILES string of the molecule is COc1ccsc1C(O)C1=CCCCCC1. The molecule has 1 aromatic heterocycles. The number of ether oxygens (including phenoxy) is 1. The van der Waals surface area contributed by atoms with Gasteiger partial charge in [-0.05, 0) is 42.7 Å². The summed E-state index contributed by atoms with van der Waals surface area (Å²) in [6.07, 6.45) is 7.56. The van der Waals surface area contributed by atoms with E-state index in [-0.39, 0.29) is 0 Å². The molecule has 2 rings (SSSR count). The number of allylic oxidation sites excluding steroid dienone is 1. The molecule has 1 heterocycles. The van der Waals surface area contributed by atoms with E-state index in [9.17, 15) is 5.11 Å². The summed E-state index contributed by atoms with van der Waals surface area (Å²) in [5.41, 5.74) is 1.17. The van der Waals surface area contributed by atoms with E-state index in [2.05, 4.69) is 6.08 Å². The second-order valence-corrected chi connectivity index (χ2v) is 5.08. The minimum absolute atomic E-state index is 0.465. The first kappa shape index (κ1) is 11.7. The van der Waals surface area contributed by atoms with Gasteiger partial charge in [-0.25, -0.2) is 0 Å². The highest BCUT2D eigenvalue weighted by atomic mass is 32.1. The minimum atomic E-state index is -0.465. The number of methoxy groups -OCH3 is 1. The van der Waals surface area contributed by atoms with Crippen molar-refractivity contribution >= 4 is 11.3 Å². The van der Waals surface area contributed by atoms with Crippen LogP contribution in [0.15, 0.2) is 23.1 Å². The van der Waals surface area contributed by atoms with E-state index in [4.69, 9.17) is 4.74 Å². The van der Waals surface area contributed by atoms with Crippen LogP contribution in [-0.2, 0) is 0 Å². The Morgan fingerprint density at radius 2 is 2.25 bits per heavy atom. The van der Waals surface area contributed by atoms with Crippen molar-refractivity contribution in [2.45, 2.75) is 38.2 Å². The van der Waals surface area contributed by atoms with Crippen molar-refractivity contribution in [3.63, 3.8) is 0 Å². The molecular weight excluding hydrogens is 220 g/mol. The van der Waals surface area contributed by atoms with Crippen LogP contribution in [0.3, 0.4) is 0 Å². The third-order valence-corrected chi connectivity index (χ3v) is 4.00. The lowest BCUT2D eigenvalue weighted by Gasteiger charge is -2.14. The predicted molar refractivity (Wildman–Crippen MR) is 67.0 cm³/mol. The van der Waals surface area contributed by atoms with Crippen LogP contribution in [-0.4, -0.2) is 12.2 Å². The summed E-state index contributed by atoms with van der Waals surface area (Å²) in [6.45, 7) is 0. The maximum Gasteiger partial charge on any atom is 0.135 e. The Morgan fingerprint density at radius 1 is 1.38 bits per heavy atom. The molecular formula is C13H18O2S. The molecule has 1 unspecified atom stereocenters. The normalized spacial score (nSPS) is 18.8. The van der Waals surface area contributed by atoms with Crippen LogP contribution in [0.4, 0.5) is 0 Å². The molecule has 1 N–H and O–H groups in total. The summed E-state index contributed by atoms with van der Waals surface area (Å²) in [5, 5.41) is 12.3. The van der Waals surface area contributed by atoms with Crippen LogP contribution in [0.25, 0.3) is 0 Å². The van der Waals surface area contributed by atoms with Gasteiger partial charge in [0.05, 0.1) is 12.0 Å². The zero-order valence-electron chi connectivity index (χ0n) is 9.61. The van der Waals surface area contributed by atoms with Gasteiger partial charge in [-0.3, -0.25) is 0 Å². The molecule has 1 aromatic rings. The van der Waals surface area contributed by atoms with Crippen LogP contribution in [0, 0.1) is 0 Å². The summed E-state index contributed by atoms with van der Waals surface area (Å²) in [5.74, 6) is 0.808. The van der Waals surface area contributed by atoms with Crippen molar-refractivity contribution in [3.8, 4) is 5.75 Å². The lowest BCUT2D eigenvalue weighted by Crippen LogP contribution is -2.01. The van der Waals surface area contributed by atoms with E-state index < -0.39 is 6.10 Å². The standard InChI is InChI=1S/C13H18O2S/c1-15-11-8-9-16-13(11)12(14)10-6-4-2-3-5-7-10/h6,8-9,12,14H,2-5,7H2,1H3. The first-order valence-corrected chi connectivity index (χ1v) is 6.69. The number of aliphatic hydroxyl groups is 1. The fraction of sp³-hybridized carbons (Fsp3) is 0.538. The Labute approximate surface area is 101 Å². The van der Waals surface area contributed by atoms with Crippen LogP contribution < -0.4 is 4.74 Å². The lowest BCUT2D eigenvalue weighted by atomic mass is 10.0. The average molecular weight is 238 g/mol. The quantitative estimate of drug-likeness (QED) is 0.814. The molecule has 2 nitrogen and oxygen atoms in total. The molecule has 1 atom stereocenters. The van der Waals surface area contributed by atoms with E-state index in [0.717, 1.165) is 23.5 Å². The van der Waals surface area contributed by atoms with Crippen LogP contribution in [0.1, 0.15) is 43.1 Å². The Hall–Kier alpha value is -0.800. The van der Waals surface area contributed by atoms with Gasteiger partial charge in [0.15, 0.2) is 0 Å². The highest BCUT2D eigenvalue weighted by molar-refractivity contribution is 7.10. The van der Waals surface area contributed by atoms with Crippen molar-refractivity contribution in [1.82, 2.24) is 0 Å². The molecule has 0 spiro atoms. The number of hydrogen-bond acceptors (Lipinski definition) is 3. The molecule has 0 aliphatic heterocycles. The average Bonchev–Trinajstić information content (AvgIpc) is 2.61. The highest BCUT2D eigenvalue weighted by Crippen LogP contribution is 2.37. The maximum atomic E-state index is 10.3. The zero-order valence-corrected chi connectivity index (χ0v) is 10.4. The predicted octanol–water partition coefficient (Wildman–Crippen LogP) is 3.68. The van der Waals surface area contributed by atoms with Gasteiger partial charge < -0.3 is 9.84 Å². The smallest absolute Gasteiger partial charge is 0.135 e. The third kappa shape index (κ3) is 2.47. The largest absolute Gasteiger partial charge is 0.495 e. The van der Waals surface area contributed by atoms with E-state index in [0.29, 0.717) is 0 Å². The monoisotopic (exact) mass is 238 g/mol. The Kier molecular flexibility index (Phi) is 4.02. The molecule has 1 aliphatic rings. The van der Waals surface area contributed by atoms with Crippen LogP contribution >= 0.6 is 11.3 Å². The van der Waals surface area contributed by atoms with Crippen molar-refractivity contribution in [1.29, 1.82) is 0 Å². The van der Waals surface area contributed by atoms with Crippen LogP contribution in [0.2, 0.25) is 0 Å². The fourth-order valence-corrected chi connectivity index (χ4v) is 3.02. The molecule has 0 saturated carbocycles. The third-order valence-electron chi connectivity index (χ3n) is 3.05. The molecule has 0 fully saturated rings. The minimum Gasteiger partial charge on any atom is -0.495 e. The maximum absolute atomic E-state index is 10.3. The summed E-state index contributed by atoms with van der Waals surface area (Å²) in [4.78, 5) is 0.940. The molecule has 16 heavy (non-hydrogen) atoms. The topological polar surface area (TPSA) is 29.5 Å². The number of hydrogen-bond donors (Lipinski definition) is 1. The lowest BCUT2D eigenvalue weighted by molar-refractivity contribution is 0.210. The Bertz CT molecular complexity index is 368. The molecule has 0 saturated heterocycles. The molecule has 1 aliphatic carbocycles. The fourth-order valence-electron chi connectivity index (χ4n) is 2.13. The second kappa shape index (κ2) is 5.51. The first-order valence-electron chi connectivity index (χ1n) is 5.81. The summed E-state index contributed by atoms with van der Waals surface area (Å²) in [6, 6.07) is 1.92. The zero-order chi connectivity index (χ0) is 11.4. The van der Waals surface area contributed by atoms with Gasteiger partial charge in [-0.2, -0.15) is 0 Å². The summed E-state index contributed by atoms with van der Waals surface area (Å²) >= 11 is 1.57. The van der Waals surface area contributed by atoms with Gasteiger partial charge in [0.25, 0.3) is 0 Å². The first-order chi connectivity index (χ1) is 7.83. The number of aliphatic hydroxyl groups excluding tert-OH is 1. The van der Waals surface area contributed by atoms with E-state index in [1.165, 1.54) is 24.8 Å². The van der Waals surface area contributed by atoms with Crippen molar-refractivity contribution in [3.05, 3.63) is 28.0 Å². The van der Waals surface area contributed by atoms with Crippen LogP contribution in [0.5, 0.6) is 5.75 Å². The second-order valence-electron chi connectivity index (χ2n) is 4.13. The molecule has 0 amide bonds. The van der Waals surface area contributed by atoms with Gasteiger partial charge in [-0.15, -0.1) is 11.3 Å². The highest BCUT2D eigenvalue weighted by Gasteiger charge is 2.19. The van der Waals surface area contributed by atoms with Gasteiger partial charge in [-0.1, -0.05) is 12.5 Å². The van der Waals surface area contributed by atoms with Crippen molar-refractivity contribution in [2.75, 3.05) is 7.11 Å².